The van der Waals surface area contributed by atoms with E-state index < -0.39 is 0 Å². The van der Waals surface area contributed by atoms with E-state index in [4.69, 9.17) is 0 Å². The van der Waals surface area contributed by atoms with Gasteiger partial charge in [-0.2, -0.15) is 0 Å². The Bertz CT molecular complexity index is 902. The maximum atomic E-state index is 11.7. The van der Waals surface area contributed by atoms with E-state index in [1.807, 2.05) is 56.3 Å². The van der Waals surface area contributed by atoms with Crippen molar-refractivity contribution in [3.05, 3.63) is 42.5 Å². The van der Waals surface area contributed by atoms with Gasteiger partial charge in [0.25, 0.3) is 0 Å². The molecule has 3 rings (SSSR count). The fraction of sp³-hybridized carbons (Fsp3) is 0.211. The monoisotopic (exact) mass is 387 g/mol. The molecule has 1 heterocycles. The Morgan fingerprint density at radius 3 is 1.63 bits per heavy atom. The number of halogens is 1. The Kier molecular flexibility index (Phi) is 6.79. The Morgan fingerprint density at radius 2 is 1.22 bits per heavy atom. The molecule has 4 N–H and O–H groups in total. The Balaban J connectivity index is 0.00000261. The largest absolute Gasteiger partial charge is 0.338 e. The van der Waals surface area contributed by atoms with E-state index in [0.717, 1.165) is 21.8 Å². The number of nitrogens with one attached hydrogen (secondary N) is 4. The van der Waals surface area contributed by atoms with Crippen LogP contribution in [0.5, 0.6) is 0 Å². The zero-order valence-corrected chi connectivity index (χ0v) is 15.9. The van der Waals surface area contributed by atoms with Crippen LogP contribution in [0.25, 0.3) is 21.8 Å². The van der Waals surface area contributed by atoms with E-state index >= 15 is 0 Å². The van der Waals surface area contributed by atoms with Crippen LogP contribution in [-0.4, -0.2) is 30.1 Å². The van der Waals surface area contributed by atoms with Gasteiger partial charge < -0.3 is 21.3 Å². The lowest BCUT2D eigenvalue weighted by Crippen LogP contribution is -2.28. The van der Waals surface area contributed by atoms with Gasteiger partial charge in [0.1, 0.15) is 0 Å². The van der Waals surface area contributed by atoms with Gasteiger partial charge in [-0.15, -0.1) is 12.4 Å². The summed E-state index contributed by atoms with van der Waals surface area (Å²) in [6.07, 6.45) is 0. The highest BCUT2D eigenvalue weighted by atomic mass is 35.5. The fourth-order valence-corrected chi connectivity index (χ4v) is 2.65. The first-order chi connectivity index (χ1) is 12.6. The molecule has 0 fully saturated rings. The van der Waals surface area contributed by atoms with E-state index in [0.29, 0.717) is 24.5 Å². The second kappa shape index (κ2) is 9.05. The third-order valence-electron chi connectivity index (χ3n) is 3.80. The first-order valence-electron chi connectivity index (χ1n) is 8.53. The van der Waals surface area contributed by atoms with Gasteiger partial charge in [0, 0.05) is 35.2 Å². The molecule has 0 saturated heterocycles. The van der Waals surface area contributed by atoms with Crippen molar-refractivity contribution in [1.29, 1.82) is 0 Å². The van der Waals surface area contributed by atoms with Crippen molar-refractivity contribution in [2.45, 2.75) is 13.8 Å². The molecule has 0 spiro atoms. The predicted molar refractivity (Wildman–Crippen MR) is 112 cm³/mol. The number of carbonyl (C=O) groups excluding carboxylic acids is 2. The summed E-state index contributed by atoms with van der Waals surface area (Å²) in [5, 5.41) is 12.9. The van der Waals surface area contributed by atoms with Crippen LogP contribution < -0.4 is 21.3 Å². The van der Waals surface area contributed by atoms with Crippen LogP contribution in [0.2, 0.25) is 0 Å². The van der Waals surface area contributed by atoms with Gasteiger partial charge in [-0.1, -0.05) is 12.1 Å². The number of pyridine rings is 1. The molecule has 0 bridgehead atoms. The van der Waals surface area contributed by atoms with Gasteiger partial charge in [0.15, 0.2) is 0 Å². The zero-order chi connectivity index (χ0) is 18.5. The van der Waals surface area contributed by atoms with E-state index in [1.165, 1.54) is 0 Å². The number of amides is 4. The molecule has 142 valence electrons. The van der Waals surface area contributed by atoms with Crippen LogP contribution in [0.3, 0.4) is 0 Å². The summed E-state index contributed by atoms with van der Waals surface area (Å²) in [4.78, 5) is 28.0. The average Bonchev–Trinajstić information content (AvgIpc) is 2.60. The number of nitrogens with zero attached hydrogens (tertiary/aromatic N) is 1. The van der Waals surface area contributed by atoms with E-state index in [-0.39, 0.29) is 24.5 Å². The lowest BCUT2D eigenvalue weighted by molar-refractivity contribution is 0.251. The summed E-state index contributed by atoms with van der Waals surface area (Å²) < 4.78 is 0. The molecule has 0 unspecified atom stereocenters. The number of rotatable bonds is 4. The molecule has 0 aliphatic rings. The van der Waals surface area contributed by atoms with Crippen LogP contribution >= 0.6 is 12.4 Å². The second-order valence-corrected chi connectivity index (χ2v) is 5.77. The highest BCUT2D eigenvalue weighted by Crippen LogP contribution is 2.24. The standard InChI is InChI=1S/C19H21N5O2.ClH/c1-3-20-18(25)22-14-7-5-12-9-13-6-8-15(23-19(26)21-4-2)11-17(13)24-16(12)10-14;/h5-11H,3-4H2,1-2H3,(H2,20,22,25)(H2,21,23,26);1H. The van der Waals surface area contributed by atoms with Crippen molar-refractivity contribution < 1.29 is 9.59 Å². The maximum Gasteiger partial charge on any atom is 0.319 e. The van der Waals surface area contributed by atoms with E-state index in [2.05, 4.69) is 26.3 Å². The zero-order valence-electron chi connectivity index (χ0n) is 15.1. The van der Waals surface area contributed by atoms with Gasteiger partial charge in [-0.25, -0.2) is 14.6 Å². The molecule has 4 amide bonds. The third kappa shape index (κ3) is 4.98. The molecule has 0 aliphatic carbocycles. The molecule has 7 nitrogen and oxygen atoms in total. The average molecular weight is 388 g/mol. The maximum absolute atomic E-state index is 11.7. The molecule has 1 aromatic heterocycles. The summed E-state index contributed by atoms with van der Waals surface area (Å²) in [6, 6.07) is 12.7. The van der Waals surface area contributed by atoms with Crippen molar-refractivity contribution in [3.63, 3.8) is 0 Å². The first-order valence-corrected chi connectivity index (χ1v) is 8.53. The van der Waals surface area contributed by atoms with E-state index in [1.54, 1.807) is 0 Å². The molecular formula is C19H22ClN5O2. The number of hydrogen-bond acceptors (Lipinski definition) is 3. The number of carbonyl (C=O) groups is 2. The van der Waals surface area contributed by atoms with Crippen molar-refractivity contribution in [3.8, 4) is 0 Å². The van der Waals surface area contributed by atoms with Gasteiger partial charge in [0.2, 0.25) is 0 Å². The fourth-order valence-electron chi connectivity index (χ4n) is 2.65. The minimum Gasteiger partial charge on any atom is -0.338 e. The van der Waals surface area contributed by atoms with Gasteiger partial charge >= 0.3 is 12.1 Å². The first kappa shape index (κ1) is 20.3. The summed E-state index contributed by atoms with van der Waals surface area (Å²) in [7, 11) is 0. The highest BCUT2D eigenvalue weighted by molar-refractivity contribution is 5.98. The highest BCUT2D eigenvalue weighted by Gasteiger charge is 2.06. The molecule has 8 heteroatoms. The second-order valence-electron chi connectivity index (χ2n) is 5.77. The molecule has 0 saturated carbocycles. The number of aromatic nitrogens is 1. The molecule has 3 aromatic rings. The lowest BCUT2D eigenvalue weighted by atomic mass is 10.1. The quantitative estimate of drug-likeness (QED) is 0.508. The molecule has 2 aromatic carbocycles. The predicted octanol–water partition coefficient (Wildman–Crippen LogP) is 4.09. The summed E-state index contributed by atoms with van der Waals surface area (Å²) in [5.41, 5.74) is 2.88. The number of urea groups is 2. The summed E-state index contributed by atoms with van der Waals surface area (Å²) in [5.74, 6) is 0. The minimum atomic E-state index is -0.249. The summed E-state index contributed by atoms with van der Waals surface area (Å²) in [6.45, 7) is 4.84. The minimum absolute atomic E-state index is 0. The van der Waals surface area contributed by atoms with Crippen LogP contribution in [0, 0.1) is 0 Å². The van der Waals surface area contributed by atoms with Crippen LogP contribution in [0.4, 0.5) is 21.0 Å². The SMILES string of the molecule is CCNC(=O)Nc1ccc2cc3ccc(NC(=O)NCC)cc3nc2c1.Cl. The lowest BCUT2D eigenvalue weighted by Gasteiger charge is -2.09. The Morgan fingerprint density at radius 1 is 0.778 bits per heavy atom. The van der Waals surface area contributed by atoms with Crippen molar-refractivity contribution in [1.82, 2.24) is 15.6 Å². The molecular weight excluding hydrogens is 366 g/mol. The van der Waals surface area contributed by atoms with Crippen molar-refractivity contribution >= 4 is 57.6 Å². The number of benzene rings is 2. The third-order valence-corrected chi connectivity index (χ3v) is 3.80. The van der Waals surface area contributed by atoms with Gasteiger partial charge in [-0.05, 0) is 44.2 Å². The number of fused-ring (bicyclic) bond motifs is 2. The van der Waals surface area contributed by atoms with Gasteiger partial charge in [0.05, 0.1) is 11.0 Å². The topological polar surface area (TPSA) is 95.2 Å². The molecule has 0 atom stereocenters. The van der Waals surface area contributed by atoms with Crippen LogP contribution in [0.15, 0.2) is 42.5 Å². The van der Waals surface area contributed by atoms with Crippen molar-refractivity contribution in [2.24, 2.45) is 0 Å². The summed E-state index contributed by atoms with van der Waals surface area (Å²) >= 11 is 0. The molecule has 27 heavy (non-hydrogen) atoms. The number of anilines is 2. The van der Waals surface area contributed by atoms with Crippen LogP contribution in [-0.2, 0) is 0 Å². The van der Waals surface area contributed by atoms with E-state index in [9.17, 15) is 9.59 Å². The normalized spacial score (nSPS) is 10.1. The number of hydrogen-bond donors (Lipinski definition) is 4. The Hall–Kier alpha value is -3.06. The van der Waals surface area contributed by atoms with Gasteiger partial charge in [-0.3, -0.25) is 0 Å². The van der Waals surface area contributed by atoms with Crippen LogP contribution in [0.1, 0.15) is 13.8 Å². The Labute approximate surface area is 163 Å². The smallest absolute Gasteiger partial charge is 0.319 e. The molecule has 0 radical (unpaired) electrons. The van der Waals surface area contributed by atoms with Crippen molar-refractivity contribution in [2.75, 3.05) is 23.7 Å². The molecule has 0 aliphatic heterocycles.